The van der Waals surface area contributed by atoms with E-state index in [1.54, 1.807) is 23.2 Å². The molecule has 1 aliphatic rings. The first-order valence-electron chi connectivity index (χ1n) is 9.74. The van der Waals surface area contributed by atoms with Crippen molar-refractivity contribution in [3.8, 4) is 0 Å². The van der Waals surface area contributed by atoms with Crippen LogP contribution < -0.4 is 10.2 Å². The number of aryl methyl sites for hydroxylation is 1. The minimum absolute atomic E-state index is 0.114. The normalized spacial score (nSPS) is 16.4. The largest absolute Gasteiger partial charge is 0.350 e. The number of benzene rings is 2. The van der Waals surface area contributed by atoms with Crippen LogP contribution in [0.1, 0.15) is 52.6 Å². The molecule has 2 aromatic carbocycles. The van der Waals surface area contributed by atoms with Crippen molar-refractivity contribution in [2.45, 2.75) is 32.4 Å². The van der Waals surface area contributed by atoms with E-state index in [2.05, 4.69) is 10.3 Å². The molecule has 4 rings (SSSR count). The van der Waals surface area contributed by atoms with E-state index < -0.39 is 6.04 Å². The fraction of sp³-hybridized carbons (Fsp3) is 0.208. The summed E-state index contributed by atoms with van der Waals surface area (Å²) < 4.78 is 0. The number of carbonyl (C=O) groups is 2. The summed E-state index contributed by atoms with van der Waals surface area (Å²) in [6.45, 7) is 3.94. The quantitative estimate of drug-likeness (QED) is 0.710. The maximum Gasteiger partial charge on any atom is 0.260 e. The van der Waals surface area contributed by atoms with Crippen molar-refractivity contribution in [3.05, 3.63) is 95.3 Å². The van der Waals surface area contributed by atoms with Gasteiger partial charge in [0.15, 0.2) is 0 Å². The molecule has 29 heavy (non-hydrogen) atoms. The number of fused-ring (bicyclic) bond motifs is 1. The number of anilines is 1. The summed E-state index contributed by atoms with van der Waals surface area (Å²) in [7, 11) is 0. The Morgan fingerprint density at radius 1 is 1.10 bits per heavy atom. The highest BCUT2D eigenvalue weighted by molar-refractivity contribution is 6.11. The molecule has 0 aliphatic carbocycles. The minimum atomic E-state index is -0.427. The summed E-state index contributed by atoms with van der Waals surface area (Å²) in [5, 5.41) is 3.05. The van der Waals surface area contributed by atoms with E-state index in [0.717, 1.165) is 16.8 Å². The molecule has 0 fully saturated rings. The first-order chi connectivity index (χ1) is 14.0. The summed E-state index contributed by atoms with van der Waals surface area (Å²) in [4.78, 5) is 32.1. The number of pyridine rings is 1. The first kappa shape index (κ1) is 18.9. The zero-order valence-electron chi connectivity index (χ0n) is 16.5. The second-order valence-corrected chi connectivity index (χ2v) is 7.37. The van der Waals surface area contributed by atoms with E-state index >= 15 is 0 Å². The Balaban J connectivity index is 1.60. The molecule has 2 atom stereocenters. The van der Waals surface area contributed by atoms with E-state index in [4.69, 9.17) is 0 Å². The molecule has 2 amide bonds. The van der Waals surface area contributed by atoms with Crippen LogP contribution >= 0.6 is 0 Å². The van der Waals surface area contributed by atoms with Crippen molar-refractivity contribution >= 4 is 17.5 Å². The Kier molecular flexibility index (Phi) is 5.12. The van der Waals surface area contributed by atoms with Gasteiger partial charge in [-0.15, -0.1) is 0 Å². The van der Waals surface area contributed by atoms with E-state index in [1.807, 2.05) is 68.4 Å². The number of rotatable bonds is 5. The van der Waals surface area contributed by atoms with Crippen molar-refractivity contribution in [1.82, 2.24) is 10.3 Å². The number of carbonyl (C=O) groups excluding carboxylic acids is 2. The topological polar surface area (TPSA) is 62.3 Å². The Hall–Kier alpha value is -3.47. The predicted molar refractivity (Wildman–Crippen MR) is 113 cm³/mol. The zero-order valence-corrected chi connectivity index (χ0v) is 16.5. The summed E-state index contributed by atoms with van der Waals surface area (Å²) in [5.74, 6) is -0.233. The summed E-state index contributed by atoms with van der Waals surface area (Å²) in [5.41, 5.74) is 4.09. The van der Waals surface area contributed by atoms with Crippen LogP contribution in [-0.2, 0) is 4.79 Å². The van der Waals surface area contributed by atoms with Crippen molar-refractivity contribution in [3.63, 3.8) is 0 Å². The van der Waals surface area contributed by atoms with Crippen molar-refractivity contribution in [2.24, 2.45) is 0 Å². The van der Waals surface area contributed by atoms with Gasteiger partial charge in [-0.2, -0.15) is 0 Å². The molecule has 1 aromatic heterocycles. The maximum absolute atomic E-state index is 13.1. The number of nitrogens with one attached hydrogen (secondary N) is 1. The van der Waals surface area contributed by atoms with Crippen molar-refractivity contribution in [1.29, 1.82) is 0 Å². The zero-order chi connectivity index (χ0) is 20.4. The standard InChI is InChI=1S/C24H23N3O2/c1-16-8-6-11-19(14-16)27-21(23-20(24(27)29)12-7-13-25-23)15-22(28)26-17(2)18-9-4-3-5-10-18/h3-14,17,21H,15H2,1-2H3,(H,26,28)/t17-,21-/m1/s1. The summed E-state index contributed by atoms with van der Waals surface area (Å²) in [6, 6.07) is 20.6. The van der Waals surface area contributed by atoms with Crippen LogP contribution in [0.25, 0.3) is 0 Å². The Morgan fingerprint density at radius 2 is 1.90 bits per heavy atom. The highest BCUT2D eigenvalue weighted by Gasteiger charge is 2.40. The molecular formula is C24H23N3O2. The van der Waals surface area contributed by atoms with Gasteiger partial charge in [-0.25, -0.2) is 0 Å². The number of hydrogen-bond donors (Lipinski definition) is 1. The molecule has 0 spiro atoms. The lowest BCUT2D eigenvalue weighted by atomic mass is 10.1. The van der Waals surface area contributed by atoms with Gasteiger partial charge in [0, 0.05) is 11.9 Å². The van der Waals surface area contributed by atoms with Gasteiger partial charge in [0.1, 0.15) is 0 Å². The monoisotopic (exact) mass is 385 g/mol. The second kappa shape index (κ2) is 7.87. The van der Waals surface area contributed by atoms with E-state index in [0.29, 0.717) is 11.3 Å². The van der Waals surface area contributed by atoms with Gasteiger partial charge in [-0.3, -0.25) is 19.5 Å². The highest BCUT2D eigenvalue weighted by Crippen LogP contribution is 2.38. The van der Waals surface area contributed by atoms with Crippen LogP contribution in [0.4, 0.5) is 5.69 Å². The number of hydrogen-bond acceptors (Lipinski definition) is 3. The van der Waals surface area contributed by atoms with E-state index in [-0.39, 0.29) is 24.3 Å². The lowest BCUT2D eigenvalue weighted by molar-refractivity contribution is -0.122. The lowest BCUT2D eigenvalue weighted by Crippen LogP contribution is -2.34. The number of amides is 2. The van der Waals surface area contributed by atoms with Crippen LogP contribution in [0.2, 0.25) is 0 Å². The Bertz CT molecular complexity index is 1050. The molecule has 5 heteroatoms. The highest BCUT2D eigenvalue weighted by atomic mass is 16.2. The molecule has 0 bridgehead atoms. The van der Waals surface area contributed by atoms with E-state index in [9.17, 15) is 9.59 Å². The molecule has 0 saturated carbocycles. The van der Waals surface area contributed by atoms with Gasteiger partial charge in [0.2, 0.25) is 5.91 Å². The Morgan fingerprint density at radius 3 is 2.66 bits per heavy atom. The molecule has 146 valence electrons. The van der Waals surface area contributed by atoms with Crippen LogP contribution in [-0.4, -0.2) is 16.8 Å². The van der Waals surface area contributed by atoms with Crippen LogP contribution in [0, 0.1) is 6.92 Å². The molecule has 3 aromatic rings. The minimum Gasteiger partial charge on any atom is -0.350 e. The number of aromatic nitrogens is 1. The molecule has 5 nitrogen and oxygen atoms in total. The van der Waals surface area contributed by atoms with E-state index in [1.165, 1.54) is 0 Å². The molecular weight excluding hydrogens is 362 g/mol. The fourth-order valence-corrected chi connectivity index (χ4v) is 3.82. The molecule has 1 aliphatic heterocycles. The first-order valence-corrected chi connectivity index (χ1v) is 9.74. The molecule has 2 heterocycles. The second-order valence-electron chi connectivity index (χ2n) is 7.37. The third kappa shape index (κ3) is 3.76. The predicted octanol–water partition coefficient (Wildman–Crippen LogP) is 4.36. The van der Waals surface area contributed by atoms with Crippen LogP contribution in [0.3, 0.4) is 0 Å². The van der Waals surface area contributed by atoms with Crippen LogP contribution in [0.5, 0.6) is 0 Å². The SMILES string of the molecule is Cc1cccc(N2C(=O)c3cccnc3[C@H]2CC(=O)N[C@H](C)c2ccccc2)c1. The van der Waals surface area contributed by atoms with Gasteiger partial charge in [0.25, 0.3) is 5.91 Å². The number of nitrogens with zero attached hydrogens (tertiary/aromatic N) is 2. The fourth-order valence-electron chi connectivity index (χ4n) is 3.82. The lowest BCUT2D eigenvalue weighted by Gasteiger charge is -2.25. The third-order valence-corrected chi connectivity index (χ3v) is 5.25. The van der Waals surface area contributed by atoms with Crippen molar-refractivity contribution in [2.75, 3.05) is 4.90 Å². The average Bonchev–Trinajstić information content (AvgIpc) is 3.00. The van der Waals surface area contributed by atoms with Gasteiger partial charge in [-0.1, -0.05) is 42.5 Å². The van der Waals surface area contributed by atoms with Crippen LogP contribution in [0.15, 0.2) is 72.9 Å². The maximum atomic E-state index is 13.1. The van der Waals surface area contributed by atoms with Gasteiger partial charge < -0.3 is 5.32 Å². The molecule has 0 unspecified atom stereocenters. The summed E-state index contributed by atoms with van der Waals surface area (Å²) >= 11 is 0. The van der Waals surface area contributed by atoms with Gasteiger partial charge in [-0.05, 0) is 49.2 Å². The van der Waals surface area contributed by atoms with Gasteiger partial charge in [0.05, 0.1) is 29.8 Å². The van der Waals surface area contributed by atoms with Crippen molar-refractivity contribution < 1.29 is 9.59 Å². The molecule has 0 radical (unpaired) electrons. The third-order valence-electron chi connectivity index (χ3n) is 5.25. The molecule has 1 N–H and O–H groups in total. The van der Waals surface area contributed by atoms with Gasteiger partial charge >= 0.3 is 0 Å². The Labute approximate surface area is 170 Å². The smallest absolute Gasteiger partial charge is 0.260 e. The average molecular weight is 385 g/mol. The molecule has 0 saturated heterocycles. The summed E-state index contributed by atoms with van der Waals surface area (Å²) in [6.07, 6.45) is 1.82.